The lowest BCUT2D eigenvalue weighted by atomic mass is 9.84. The monoisotopic (exact) mass is 184 g/mol. The van der Waals surface area contributed by atoms with Gasteiger partial charge >= 0.3 is 0 Å². The SMILES string of the molecule is CC1OC2(CCCCC2C)OC1C. The van der Waals surface area contributed by atoms with Crippen LogP contribution >= 0.6 is 0 Å². The summed E-state index contributed by atoms with van der Waals surface area (Å²) in [5.74, 6) is 0.338. The van der Waals surface area contributed by atoms with Crippen LogP contribution in [0.15, 0.2) is 0 Å². The Balaban J connectivity index is 2.11. The molecule has 1 saturated heterocycles. The number of hydrogen-bond acceptors (Lipinski definition) is 2. The van der Waals surface area contributed by atoms with Crippen molar-refractivity contribution in [3.63, 3.8) is 0 Å². The van der Waals surface area contributed by atoms with E-state index >= 15 is 0 Å². The second kappa shape index (κ2) is 3.25. The van der Waals surface area contributed by atoms with Gasteiger partial charge in [0.1, 0.15) is 0 Å². The van der Waals surface area contributed by atoms with E-state index in [0.29, 0.717) is 5.92 Å². The molecule has 0 bridgehead atoms. The lowest BCUT2D eigenvalue weighted by molar-refractivity contribution is -0.221. The molecule has 1 spiro atoms. The topological polar surface area (TPSA) is 18.5 Å². The Hall–Kier alpha value is -0.0800. The Labute approximate surface area is 80.6 Å². The normalized spacial score (nSPS) is 51.5. The summed E-state index contributed by atoms with van der Waals surface area (Å²) in [6, 6.07) is 0. The molecule has 1 heterocycles. The van der Waals surface area contributed by atoms with Gasteiger partial charge in [-0.1, -0.05) is 13.3 Å². The van der Waals surface area contributed by atoms with Gasteiger partial charge in [-0.25, -0.2) is 0 Å². The average Bonchev–Trinajstić information content (AvgIpc) is 2.36. The van der Waals surface area contributed by atoms with Crippen molar-refractivity contribution in [1.82, 2.24) is 0 Å². The van der Waals surface area contributed by atoms with E-state index in [1.165, 1.54) is 19.3 Å². The average molecular weight is 184 g/mol. The Morgan fingerprint density at radius 3 is 2.15 bits per heavy atom. The van der Waals surface area contributed by atoms with E-state index in [2.05, 4.69) is 20.8 Å². The molecule has 0 radical (unpaired) electrons. The van der Waals surface area contributed by atoms with Crippen LogP contribution in [0.5, 0.6) is 0 Å². The lowest BCUT2D eigenvalue weighted by Gasteiger charge is -2.37. The highest BCUT2D eigenvalue weighted by molar-refractivity contribution is 4.88. The third-order valence-electron chi connectivity index (χ3n) is 3.60. The molecule has 1 saturated carbocycles. The van der Waals surface area contributed by atoms with Crippen LogP contribution in [0.2, 0.25) is 0 Å². The van der Waals surface area contributed by atoms with E-state index in [4.69, 9.17) is 9.47 Å². The zero-order valence-corrected chi connectivity index (χ0v) is 8.88. The van der Waals surface area contributed by atoms with Crippen molar-refractivity contribution < 1.29 is 9.47 Å². The minimum Gasteiger partial charge on any atom is -0.344 e. The Bertz CT molecular complexity index is 181. The largest absolute Gasteiger partial charge is 0.344 e. The summed E-state index contributed by atoms with van der Waals surface area (Å²) in [5, 5.41) is 0. The van der Waals surface area contributed by atoms with Crippen LogP contribution < -0.4 is 0 Å². The Kier molecular flexibility index (Phi) is 2.37. The van der Waals surface area contributed by atoms with Gasteiger partial charge in [-0.3, -0.25) is 0 Å². The van der Waals surface area contributed by atoms with Crippen molar-refractivity contribution in [2.24, 2.45) is 5.92 Å². The third-order valence-corrected chi connectivity index (χ3v) is 3.60. The molecule has 0 aromatic heterocycles. The van der Waals surface area contributed by atoms with Gasteiger partial charge in [-0.05, 0) is 26.7 Å². The van der Waals surface area contributed by atoms with Gasteiger partial charge < -0.3 is 9.47 Å². The van der Waals surface area contributed by atoms with Gasteiger partial charge in [0.05, 0.1) is 12.2 Å². The fourth-order valence-electron chi connectivity index (χ4n) is 2.49. The van der Waals surface area contributed by atoms with Crippen molar-refractivity contribution in [3.8, 4) is 0 Å². The number of rotatable bonds is 0. The fourth-order valence-corrected chi connectivity index (χ4v) is 2.49. The van der Waals surface area contributed by atoms with E-state index in [1.807, 2.05) is 0 Å². The summed E-state index contributed by atoms with van der Waals surface area (Å²) < 4.78 is 12.0. The van der Waals surface area contributed by atoms with Crippen molar-refractivity contribution in [2.75, 3.05) is 0 Å². The molecule has 2 heteroatoms. The maximum absolute atomic E-state index is 5.99. The standard InChI is InChI=1S/C11H20O2/c1-8-6-4-5-7-11(8)12-9(2)10(3)13-11/h8-10H,4-7H2,1-3H3. The van der Waals surface area contributed by atoms with Gasteiger partial charge in [0, 0.05) is 12.3 Å². The summed E-state index contributed by atoms with van der Waals surface area (Å²) >= 11 is 0. The maximum Gasteiger partial charge on any atom is 0.171 e. The molecule has 1 aliphatic heterocycles. The molecule has 1 aliphatic carbocycles. The summed E-state index contributed by atoms with van der Waals surface area (Å²) in [7, 11) is 0. The highest BCUT2D eigenvalue weighted by atomic mass is 16.8. The number of ether oxygens (including phenoxy) is 2. The molecule has 2 fully saturated rings. The van der Waals surface area contributed by atoms with Crippen molar-refractivity contribution in [2.45, 2.75) is 64.4 Å². The minimum atomic E-state index is -0.225. The lowest BCUT2D eigenvalue weighted by Crippen LogP contribution is -2.40. The molecule has 0 aromatic carbocycles. The van der Waals surface area contributed by atoms with Gasteiger partial charge in [0.25, 0.3) is 0 Å². The second-order valence-electron chi connectivity index (χ2n) is 4.60. The van der Waals surface area contributed by atoms with Crippen molar-refractivity contribution in [1.29, 1.82) is 0 Å². The van der Waals surface area contributed by atoms with Gasteiger partial charge in [-0.2, -0.15) is 0 Å². The smallest absolute Gasteiger partial charge is 0.171 e. The molecule has 13 heavy (non-hydrogen) atoms. The first kappa shape index (κ1) is 9.47. The highest BCUT2D eigenvalue weighted by Crippen LogP contribution is 2.43. The van der Waals surface area contributed by atoms with Crippen molar-refractivity contribution in [3.05, 3.63) is 0 Å². The summed E-state index contributed by atoms with van der Waals surface area (Å²) in [4.78, 5) is 0. The molecule has 76 valence electrons. The van der Waals surface area contributed by atoms with Gasteiger partial charge in [-0.15, -0.1) is 0 Å². The van der Waals surface area contributed by atoms with Crippen LogP contribution in [0.3, 0.4) is 0 Å². The molecule has 2 aliphatic rings. The predicted octanol–water partition coefficient (Wildman–Crippen LogP) is 2.72. The molecule has 2 rings (SSSR count). The fraction of sp³-hybridized carbons (Fsp3) is 1.00. The van der Waals surface area contributed by atoms with Crippen LogP contribution in [0, 0.1) is 5.92 Å². The highest BCUT2D eigenvalue weighted by Gasteiger charge is 2.48. The second-order valence-corrected chi connectivity index (χ2v) is 4.60. The Morgan fingerprint density at radius 1 is 1.00 bits per heavy atom. The molecule has 3 atom stereocenters. The number of hydrogen-bond donors (Lipinski definition) is 0. The molecule has 2 nitrogen and oxygen atoms in total. The zero-order valence-electron chi connectivity index (χ0n) is 8.88. The van der Waals surface area contributed by atoms with Crippen molar-refractivity contribution >= 4 is 0 Å². The summed E-state index contributed by atoms with van der Waals surface area (Å²) in [6.07, 6.45) is 5.45. The van der Waals surface area contributed by atoms with Crippen LogP contribution in [0.4, 0.5) is 0 Å². The quantitative estimate of drug-likeness (QED) is 0.576. The third kappa shape index (κ3) is 1.50. The Morgan fingerprint density at radius 2 is 1.62 bits per heavy atom. The van der Waals surface area contributed by atoms with Crippen LogP contribution in [-0.2, 0) is 9.47 Å². The first-order valence-electron chi connectivity index (χ1n) is 5.50. The molecule has 0 aromatic rings. The van der Waals surface area contributed by atoms with E-state index in [9.17, 15) is 0 Å². The van der Waals surface area contributed by atoms with Crippen LogP contribution in [0.1, 0.15) is 46.5 Å². The van der Waals surface area contributed by atoms with Crippen LogP contribution in [-0.4, -0.2) is 18.0 Å². The zero-order chi connectivity index (χ0) is 9.47. The summed E-state index contributed by atoms with van der Waals surface area (Å²) in [5.41, 5.74) is 0. The molecular weight excluding hydrogens is 164 g/mol. The van der Waals surface area contributed by atoms with Gasteiger partial charge in [0.15, 0.2) is 5.79 Å². The van der Waals surface area contributed by atoms with E-state index in [1.54, 1.807) is 0 Å². The van der Waals surface area contributed by atoms with Gasteiger partial charge in [0.2, 0.25) is 0 Å². The minimum absolute atomic E-state index is 0.225. The molecule has 0 amide bonds. The first-order chi connectivity index (χ1) is 6.14. The predicted molar refractivity (Wildman–Crippen MR) is 51.5 cm³/mol. The molecule has 0 N–H and O–H groups in total. The molecule has 3 unspecified atom stereocenters. The maximum atomic E-state index is 5.99. The molecular formula is C11H20O2. The van der Waals surface area contributed by atoms with E-state index < -0.39 is 0 Å². The van der Waals surface area contributed by atoms with Crippen LogP contribution in [0.25, 0.3) is 0 Å². The van der Waals surface area contributed by atoms with E-state index in [0.717, 1.165) is 6.42 Å². The van der Waals surface area contributed by atoms with E-state index in [-0.39, 0.29) is 18.0 Å². The first-order valence-corrected chi connectivity index (χ1v) is 5.50. The summed E-state index contributed by atoms with van der Waals surface area (Å²) in [6.45, 7) is 6.48.